The van der Waals surface area contributed by atoms with Crippen LogP contribution in [0, 0.1) is 0 Å². The highest BCUT2D eigenvalue weighted by atomic mass is 79.9. The van der Waals surface area contributed by atoms with Crippen molar-refractivity contribution in [3.8, 4) is 0 Å². The standard InChI is InChI=1S/C21H17BrN2O2/c22-19-9-5-4-8-18(19)21(26)24-17-12-10-16(11-13-17)20(25)23-14-15-6-2-1-3-7-15/h1-13H,14H2,(H,23,25)(H,24,26). The first-order chi connectivity index (χ1) is 12.6. The third-order valence-corrected chi connectivity index (χ3v) is 4.51. The van der Waals surface area contributed by atoms with Gasteiger partial charge in [-0.1, -0.05) is 42.5 Å². The monoisotopic (exact) mass is 408 g/mol. The van der Waals surface area contributed by atoms with Crippen molar-refractivity contribution in [2.45, 2.75) is 6.54 Å². The van der Waals surface area contributed by atoms with E-state index in [1.165, 1.54) is 0 Å². The molecule has 2 amide bonds. The van der Waals surface area contributed by atoms with E-state index < -0.39 is 0 Å². The average molecular weight is 409 g/mol. The molecule has 3 aromatic rings. The Morgan fingerprint density at radius 3 is 2.12 bits per heavy atom. The van der Waals surface area contributed by atoms with E-state index in [9.17, 15) is 9.59 Å². The molecule has 0 bridgehead atoms. The number of amides is 2. The molecule has 0 aliphatic heterocycles. The smallest absolute Gasteiger partial charge is 0.256 e. The second kappa shape index (κ2) is 8.45. The molecule has 0 atom stereocenters. The van der Waals surface area contributed by atoms with Crippen LogP contribution in [-0.4, -0.2) is 11.8 Å². The molecule has 4 nitrogen and oxygen atoms in total. The van der Waals surface area contributed by atoms with E-state index in [4.69, 9.17) is 0 Å². The van der Waals surface area contributed by atoms with Gasteiger partial charge in [-0.25, -0.2) is 0 Å². The summed E-state index contributed by atoms with van der Waals surface area (Å²) in [7, 11) is 0. The molecular weight excluding hydrogens is 392 g/mol. The molecule has 0 spiro atoms. The first-order valence-electron chi connectivity index (χ1n) is 8.11. The lowest BCUT2D eigenvalue weighted by Gasteiger charge is -2.08. The molecule has 0 fully saturated rings. The molecule has 26 heavy (non-hydrogen) atoms. The molecule has 0 saturated heterocycles. The van der Waals surface area contributed by atoms with E-state index in [-0.39, 0.29) is 11.8 Å². The molecule has 0 heterocycles. The van der Waals surface area contributed by atoms with Gasteiger partial charge in [0.2, 0.25) is 0 Å². The fourth-order valence-electron chi connectivity index (χ4n) is 2.43. The molecule has 0 aromatic heterocycles. The number of rotatable bonds is 5. The number of hydrogen-bond acceptors (Lipinski definition) is 2. The van der Waals surface area contributed by atoms with Crippen molar-refractivity contribution in [1.82, 2.24) is 5.32 Å². The zero-order valence-corrected chi connectivity index (χ0v) is 15.5. The Balaban J connectivity index is 1.60. The zero-order chi connectivity index (χ0) is 18.4. The maximum absolute atomic E-state index is 12.3. The number of anilines is 1. The van der Waals surface area contributed by atoms with Gasteiger partial charge in [0.05, 0.1) is 5.56 Å². The predicted octanol–water partition coefficient (Wildman–Crippen LogP) is 4.63. The Labute approximate surface area is 160 Å². The summed E-state index contributed by atoms with van der Waals surface area (Å²) in [5.41, 5.74) is 2.76. The Hall–Kier alpha value is -2.92. The zero-order valence-electron chi connectivity index (χ0n) is 13.9. The van der Waals surface area contributed by atoms with Crippen LogP contribution in [-0.2, 0) is 6.54 Å². The Bertz CT molecular complexity index is 909. The van der Waals surface area contributed by atoms with Gasteiger partial charge in [-0.15, -0.1) is 0 Å². The normalized spacial score (nSPS) is 10.2. The highest BCUT2D eigenvalue weighted by Gasteiger charge is 2.10. The summed E-state index contributed by atoms with van der Waals surface area (Å²) < 4.78 is 0.731. The molecular formula is C21H17BrN2O2. The first kappa shape index (κ1) is 17.9. The summed E-state index contributed by atoms with van der Waals surface area (Å²) in [6.07, 6.45) is 0. The quantitative estimate of drug-likeness (QED) is 0.646. The maximum Gasteiger partial charge on any atom is 0.256 e. The van der Waals surface area contributed by atoms with E-state index in [0.29, 0.717) is 23.4 Å². The molecule has 3 aromatic carbocycles. The Morgan fingerprint density at radius 2 is 1.42 bits per heavy atom. The van der Waals surface area contributed by atoms with Crippen LogP contribution in [0.25, 0.3) is 0 Å². The minimum atomic E-state index is -0.209. The van der Waals surface area contributed by atoms with Gasteiger partial charge < -0.3 is 10.6 Å². The van der Waals surface area contributed by atoms with Crippen LogP contribution in [0.3, 0.4) is 0 Å². The minimum Gasteiger partial charge on any atom is -0.348 e. The second-order valence-corrected chi connectivity index (χ2v) is 6.53. The van der Waals surface area contributed by atoms with Crippen LogP contribution in [0.1, 0.15) is 26.3 Å². The Kier molecular flexibility index (Phi) is 5.81. The van der Waals surface area contributed by atoms with Gasteiger partial charge in [-0.3, -0.25) is 9.59 Å². The molecule has 0 saturated carbocycles. The molecule has 0 aliphatic rings. The van der Waals surface area contributed by atoms with Crippen molar-refractivity contribution in [3.63, 3.8) is 0 Å². The van der Waals surface area contributed by atoms with E-state index in [2.05, 4.69) is 26.6 Å². The molecule has 130 valence electrons. The highest BCUT2D eigenvalue weighted by Crippen LogP contribution is 2.18. The van der Waals surface area contributed by atoms with E-state index >= 15 is 0 Å². The third kappa shape index (κ3) is 4.58. The number of halogens is 1. The largest absolute Gasteiger partial charge is 0.348 e. The van der Waals surface area contributed by atoms with Gasteiger partial charge in [0, 0.05) is 22.3 Å². The predicted molar refractivity (Wildman–Crippen MR) is 106 cm³/mol. The fourth-order valence-corrected chi connectivity index (χ4v) is 2.89. The first-order valence-corrected chi connectivity index (χ1v) is 8.91. The van der Waals surface area contributed by atoms with Gasteiger partial charge in [0.15, 0.2) is 0 Å². The van der Waals surface area contributed by atoms with Crippen LogP contribution in [0.2, 0.25) is 0 Å². The van der Waals surface area contributed by atoms with E-state index in [1.54, 1.807) is 36.4 Å². The molecule has 3 rings (SSSR count). The van der Waals surface area contributed by atoms with Crippen LogP contribution in [0.5, 0.6) is 0 Å². The molecule has 0 unspecified atom stereocenters. The maximum atomic E-state index is 12.3. The lowest BCUT2D eigenvalue weighted by atomic mass is 10.1. The van der Waals surface area contributed by atoms with Gasteiger partial charge in [0.1, 0.15) is 0 Å². The van der Waals surface area contributed by atoms with Gasteiger partial charge in [-0.2, -0.15) is 0 Å². The molecule has 0 aliphatic carbocycles. The SMILES string of the molecule is O=C(NCc1ccccc1)c1ccc(NC(=O)c2ccccc2Br)cc1. The molecule has 0 radical (unpaired) electrons. The van der Waals surface area contributed by atoms with Gasteiger partial charge in [0.25, 0.3) is 11.8 Å². The number of nitrogens with one attached hydrogen (secondary N) is 2. The van der Waals surface area contributed by atoms with Gasteiger partial charge in [-0.05, 0) is 57.9 Å². The second-order valence-electron chi connectivity index (χ2n) is 5.68. The summed E-state index contributed by atoms with van der Waals surface area (Å²) >= 11 is 3.36. The van der Waals surface area contributed by atoms with Crippen molar-refractivity contribution in [2.75, 3.05) is 5.32 Å². The van der Waals surface area contributed by atoms with Crippen LogP contribution < -0.4 is 10.6 Å². The van der Waals surface area contributed by atoms with Crippen molar-refractivity contribution in [3.05, 3.63) is 100 Å². The van der Waals surface area contributed by atoms with Crippen molar-refractivity contribution in [2.24, 2.45) is 0 Å². The van der Waals surface area contributed by atoms with E-state index in [0.717, 1.165) is 10.0 Å². The summed E-state index contributed by atoms with van der Waals surface area (Å²) in [5.74, 6) is -0.365. The van der Waals surface area contributed by atoms with Crippen molar-refractivity contribution >= 4 is 33.4 Å². The molecule has 2 N–H and O–H groups in total. The van der Waals surface area contributed by atoms with E-state index in [1.807, 2.05) is 42.5 Å². The third-order valence-electron chi connectivity index (χ3n) is 3.82. The van der Waals surface area contributed by atoms with Crippen molar-refractivity contribution in [1.29, 1.82) is 0 Å². The summed E-state index contributed by atoms with van der Waals surface area (Å²) in [5, 5.41) is 5.70. The average Bonchev–Trinajstić information content (AvgIpc) is 2.68. The summed E-state index contributed by atoms with van der Waals surface area (Å²) in [4.78, 5) is 24.5. The topological polar surface area (TPSA) is 58.2 Å². The van der Waals surface area contributed by atoms with Crippen LogP contribution in [0.15, 0.2) is 83.3 Å². The van der Waals surface area contributed by atoms with Crippen LogP contribution >= 0.6 is 15.9 Å². The number of carbonyl (C=O) groups excluding carboxylic acids is 2. The Morgan fingerprint density at radius 1 is 0.769 bits per heavy atom. The molecule has 5 heteroatoms. The number of benzene rings is 3. The lowest BCUT2D eigenvalue weighted by molar-refractivity contribution is 0.0950. The van der Waals surface area contributed by atoms with Crippen molar-refractivity contribution < 1.29 is 9.59 Å². The number of carbonyl (C=O) groups is 2. The summed E-state index contributed by atoms with van der Waals surface area (Å²) in [6, 6.07) is 23.7. The lowest BCUT2D eigenvalue weighted by Crippen LogP contribution is -2.22. The minimum absolute atomic E-state index is 0.155. The van der Waals surface area contributed by atoms with Crippen LogP contribution in [0.4, 0.5) is 5.69 Å². The fraction of sp³-hybridized carbons (Fsp3) is 0.0476. The summed E-state index contributed by atoms with van der Waals surface area (Å²) in [6.45, 7) is 0.472. The van der Waals surface area contributed by atoms with Gasteiger partial charge >= 0.3 is 0 Å². The number of hydrogen-bond donors (Lipinski definition) is 2. The highest BCUT2D eigenvalue weighted by molar-refractivity contribution is 9.10.